The summed E-state index contributed by atoms with van der Waals surface area (Å²) in [5.41, 5.74) is 3.03. The molecule has 0 unspecified atom stereocenters. The molecular weight excluding hydrogens is 364 g/mol. The van der Waals surface area contributed by atoms with Crippen LogP contribution >= 0.6 is 0 Å². The van der Waals surface area contributed by atoms with Crippen LogP contribution in [-0.2, 0) is 9.53 Å². The molecule has 0 bridgehead atoms. The minimum absolute atomic E-state index is 0.0777. The number of methoxy groups -OCH3 is 1. The molecule has 0 spiro atoms. The summed E-state index contributed by atoms with van der Waals surface area (Å²) in [4.78, 5) is 21.8. The summed E-state index contributed by atoms with van der Waals surface area (Å²) in [6.07, 6.45) is 2.04. The van der Waals surface area contributed by atoms with Gasteiger partial charge in [0.25, 0.3) is 0 Å². The second kappa shape index (κ2) is 8.22. The van der Waals surface area contributed by atoms with Crippen LogP contribution in [0, 0.1) is 30.1 Å². The number of amides is 1. The van der Waals surface area contributed by atoms with E-state index in [-0.39, 0.29) is 11.9 Å². The van der Waals surface area contributed by atoms with Gasteiger partial charge in [0, 0.05) is 44.8 Å². The molecule has 1 amide bonds. The number of anilines is 1. The van der Waals surface area contributed by atoms with E-state index in [1.165, 1.54) is 11.1 Å². The zero-order valence-electron chi connectivity index (χ0n) is 16.9. The van der Waals surface area contributed by atoms with Crippen LogP contribution in [0.5, 0.6) is 0 Å². The number of hydrogen-bond donors (Lipinski definition) is 0. The first kappa shape index (κ1) is 19.4. The van der Waals surface area contributed by atoms with E-state index >= 15 is 0 Å². The lowest BCUT2D eigenvalue weighted by atomic mass is 9.87. The zero-order chi connectivity index (χ0) is 20.4. The minimum Gasteiger partial charge on any atom is -0.384 e. The molecule has 4 rings (SSSR count). The quantitative estimate of drug-likeness (QED) is 0.785. The van der Waals surface area contributed by atoms with Crippen molar-refractivity contribution >= 4 is 11.7 Å². The number of nitriles is 1. The highest BCUT2D eigenvalue weighted by molar-refractivity contribution is 5.77. The van der Waals surface area contributed by atoms with Gasteiger partial charge in [0.2, 0.25) is 5.91 Å². The molecule has 1 aromatic heterocycles. The number of pyridine rings is 1. The summed E-state index contributed by atoms with van der Waals surface area (Å²) in [5, 5.41) is 9.00. The van der Waals surface area contributed by atoms with Gasteiger partial charge in [-0.2, -0.15) is 5.26 Å². The van der Waals surface area contributed by atoms with Crippen LogP contribution in [0.3, 0.4) is 0 Å². The third kappa shape index (κ3) is 3.70. The molecule has 150 valence electrons. The van der Waals surface area contributed by atoms with Gasteiger partial charge < -0.3 is 14.5 Å². The molecule has 29 heavy (non-hydrogen) atoms. The first-order valence-electron chi connectivity index (χ1n) is 10.1. The predicted molar refractivity (Wildman–Crippen MR) is 110 cm³/mol. The molecule has 2 aliphatic rings. The van der Waals surface area contributed by atoms with Gasteiger partial charge in [-0.15, -0.1) is 0 Å². The summed E-state index contributed by atoms with van der Waals surface area (Å²) in [6, 6.07) is 14.3. The fraction of sp³-hybridized carbons (Fsp3) is 0.435. The van der Waals surface area contributed by atoms with Crippen molar-refractivity contribution in [2.24, 2.45) is 11.8 Å². The van der Waals surface area contributed by atoms with Crippen LogP contribution in [0.2, 0.25) is 0 Å². The topological polar surface area (TPSA) is 69.5 Å². The minimum atomic E-state index is 0.0777. The number of hydrogen-bond acceptors (Lipinski definition) is 5. The Morgan fingerprint density at radius 1 is 1.24 bits per heavy atom. The Morgan fingerprint density at radius 3 is 2.76 bits per heavy atom. The average molecular weight is 390 g/mol. The Balaban J connectivity index is 1.60. The molecule has 2 saturated heterocycles. The number of benzene rings is 1. The van der Waals surface area contributed by atoms with E-state index in [4.69, 9.17) is 10.00 Å². The smallest absolute Gasteiger partial charge is 0.225 e. The van der Waals surface area contributed by atoms with Crippen molar-refractivity contribution in [3.05, 3.63) is 59.3 Å². The van der Waals surface area contributed by atoms with Crippen molar-refractivity contribution in [1.82, 2.24) is 9.88 Å². The zero-order valence-corrected chi connectivity index (χ0v) is 16.9. The van der Waals surface area contributed by atoms with Crippen molar-refractivity contribution in [2.75, 3.05) is 38.3 Å². The molecule has 6 heteroatoms. The van der Waals surface area contributed by atoms with Crippen molar-refractivity contribution < 1.29 is 9.53 Å². The van der Waals surface area contributed by atoms with E-state index in [9.17, 15) is 4.79 Å². The molecule has 0 aliphatic carbocycles. The Morgan fingerprint density at radius 2 is 2.07 bits per heavy atom. The monoisotopic (exact) mass is 390 g/mol. The molecule has 2 aliphatic heterocycles. The molecule has 3 heterocycles. The number of aryl methyl sites for hydroxylation is 1. The first-order valence-corrected chi connectivity index (χ1v) is 10.1. The van der Waals surface area contributed by atoms with Crippen LogP contribution in [-0.4, -0.2) is 49.1 Å². The van der Waals surface area contributed by atoms with E-state index in [1.54, 1.807) is 13.3 Å². The number of fused-ring (bicyclic) bond motifs is 1. The van der Waals surface area contributed by atoms with Crippen LogP contribution in [0.15, 0.2) is 42.6 Å². The maximum absolute atomic E-state index is 12.9. The molecule has 1 aromatic carbocycles. The molecule has 0 N–H and O–H groups in total. The fourth-order valence-corrected chi connectivity index (χ4v) is 4.78. The van der Waals surface area contributed by atoms with Gasteiger partial charge in [0.05, 0.1) is 24.6 Å². The van der Waals surface area contributed by atoms with Crippen LogP contribution < -0.4 is 4.90 Å². The lowest BCUT2D eigenvalue weighted by molar-refractivity contribution is -0.133. The van der Waals surface area contributed by atoms with E-state index < -0.39 is 0 Å². The highest BCUT2D eigenvalue weighted by Gasteiger charge is 2.49. The van der Waals surface area contributed by atoms with Gasteiger partial charge in [-0.1, -0.05) is 24.3 Å². The molecule has 3 atom stereocenters. The highest BCUT2D eigenvalue weighted by atomic mass is 16.5. The lowest BCUT2D eigenvalue weighted by Crippen LogP contribution is -2.36. The molecule has 6 nitrogen and oxygen atoms in total. The van der Waals surface area contributed by atoms with Gasteiger partial charge in [0.1, 0.15) is 11.9 Å². The molecule has 0 radical (unpaired) electrons. The Bertz CT molecular complexity index is 921. The second-order valence-corrected chi connectivity index (χ2v) is 7.94. The molecule has 2 aromatic rings. The highest BCUT2D eigenvalue weighted by Crippen LogP contribution is 2.46. The van der Waals surface area contributed by atoms with Crippen molar-refractivity contribution in [3.63, 3.8) is 0 Å². The summed E-state index contributed by atoms with van der Waals surface area (Å²) in [6.45, 7) is 5.07. The molecule has 0 saturated carbocycles. The van der Waals surface area contributed by atoms with E-state index in [0.29, 0.717) is 30.4 Å². The number of nitrogens with zero attached hydrogens (tertiary/aromatic N) is 4. The maximum Gasteiger partial charge on any atom is 0.225 e. The van der Waals surface area contributed by atoms with Crippen molar-refractivity contribution in [2.45, 2.75) is 19.4 Å². The largest absolute Gasteiger partial charge is 0.384 e. The van der Waals surface area contributed by atoms with Crippen LogP contribution in [0.4, 0.5) is 5.82 Å². The number of ether oxygens (including phenoxy) is 1. The van der Waals surface area contributed by atoms with Gasteiger partial charge in [-0.05, 0) is 30.2 Å². The summed E-state index contributed by atoms with van der Waals surface area (Å²) in [5.74, 6) is 1.83. The van der Waals surface area contributed by atoms with E-state index in [0.717, 1.165) is 25.5 Å². The molecular formula is C23H26N4O2. The second-order valence-electron chi connectivity index (χ2n) is 7.94. The Hall–Kier alpha value is -2.91. The number of aromatic nitrogens is 1. The van der Waals surface area contributed by atoms with E-state index in [1.807, 2.05) is 18.2 Å². The summed E-state index contributed by atoms with van der Waals surface area (Å²) in [7, 11) is 1.63. The van der Waals surface area contributed by atoms with Gasteiger partial charge in [0.15, 0.2) is 0 Å². The van der Waals surface area contributed by atoms with Crippen molar-refractivity contribution in [3.8, 4) is 6.07 Å². The number of likely N-dealkylation sites (tertiary alicyclic amines) is 1. The van der Waals surface area contributed by atoms with E-state index in [2.05, 4.69) is 46.0 Å². The third-order valence-corrected chi connectivity index (χ3v) is 6.21. The molecule has 2 fully saturated rings. The first-order chi connectivity index (χ1) is 14.1. The van der Waals surface area contributed by atoms with Gasteiger partial charge in [-0.25, -0.2) is 4.98 Å². The number of carbonyl (C=O) groups excluding carboxylic acids is 1. The van der Waals surface area contributed by atoms with Gasteiger partial charge >= 0.3 is 0 Å². The standard InChI is InChI=1S/C23H26N4O2/c1-16-5-3-4-6-19(16)23-20-15-26(21-8-7-17(11-24)12-25-21)13-18(20)14-27(23)22(28)9-10-29-2/h3-8,12,18,20,23H,9-10,13-15H2,1-2H3/t18-,20-,23+/m0/s1. The Kier molecular flexibility index (Phi) is 5.50. The SMILES string of the molecule is COCCC(=O)N1C[C@@H]2CN(c3ccc(C#N)cn3)C[C@@H]2[C@H]1c1ccccc1C. The lowest BCUT2D eigenvalue weighted by Gasteiger charge is -2.31. The van der Waals surface area contributed by atoms with Crippen molar-refractivity contribution in [1.29, 1.82) is 5.26 Å². The average Bonchev–Trinajstić information content (AvgIpc) is 3.31. The third-order valence-electron chi connectivity index (χ3n) is 6.21. The fourth-order valence-electron chi connectivity index (χ4n) is 4.78. The van der Waals surface area contributed by atoms with Gasteiger partial charge in [-0.3, -0.25) is 4.79 Å². The number of rotatable bonds is 5. The predicted octanol–water partition coefficient (Wildman–Crippen LogP) is 2.93. The summed E-state index contributed by atoms with van der Waals surface area (Å²) < 4.78 is 5.14. The Labute approximate surface area is 171 Å². The number of carbonyl (C=O) groups is 1. The van der Waals surface area contributed by atoms with Crippen LogP contribution in [0.1, 0.15) is 29.2 Å². The van der Waals surface area contributed by atoms with Crippen LogP contribution in [0.25, 0.3) is 0 Å². The normalized spacial score (nSPS) is 23.1. The maximum atomic E-state index is 12.9. The summed E-state index contributed by atoms with van der Waals surface area (Å²) >= 11 is 0.